The molecular weight excluding hydrogens is 376 g/mol. The Balaban J connectivity index is 1.55. The van der Waals surface area contributed by atoms with Gasteiger partial charge in [-0.05, 0) is 53.6 Å². The second-order valence-corrected chi connectivity index (χ2v) is 7.29. The van der Waals surface area contributed by atoms with Gasteiger partial charge < -0.3 is 19.3 Å². The summed E-state index contributed by atoms with van der Waals surface area (Å²) in [5.41, 5.74) is 5.22. The fourth-order valence-electron chi connectivity index (χ4n) is 3.73. The molecule has 3 aromatic carbocycles. The van der Waals surface area contributed by atoms with Crippen LogP contribution in [0.1, 0.15) is 11.1 Å². The van der Waals surface area contributed by atoms with Crippen molar-refractivity contribution in [3.8, 4) is 5.75 Å². The van der Waals surface area contributed by atoms with Crippen molar-refractivity contribution in [3.05, 3.63) is 90.1 Å². The quantitative estimate of drug-likeness (QED) is 0.469. The predicted octanol–water partition coefficient (Wildman–Crippen LogP) is 5.09. The lowest BCUT2D eigenvalue weighted by Crippen LogP contribution is -2.09. The van der Waals surface area contributed by atoms with E-state index >= 15 is 0 Å². The van der Waals surface area contributed by atoms with Crippen molar-refractivity contribution in [2.75, 3.05) is 19.1 Å². The van der Waals surface area contributed by atoms with E-state index in [9.17, 15) is 9.90 Å². The molecule has 4 rings (SSSR count). The van der Waals surface area contributed by atoms with Crippen molar-refractivity contribution in [2.24, 2.45) is 0 Å². The first-order valence-electron chi connectivity index (χ1n) is 9.80. The number of hydrogen-bond donors (Lipinski definition) is 1. The summed E-state index contributed by atoms with van der Waals surface area (Å²) in [6.07, 6.45) is 1.98. The van der Waals surface area contributed by atoms with Crippen LogP contribution in [0, 0.1) is 0 Å². The van der Waals surface area contributed by atoms with Crippen molar-refractivity contribution in [2.45, 2.75) is 13.0 Å². The van der Waals surface area contributed by atoms with E-state index in [4.69, 9.17) is 4.74 Å². The minimum atomic E-state index is -0.816. The number of rotatable bonds is 7. The number of aromatic nitrogens is 1. The van der Waals surface area contributed by atoms with Crippen LogP contribution in [-0.4, -0.2) is 29.8 Å². The van der Waals surface area contributed by atoms with Gasteiger partial charge in [-0.2, -0.15) is 0 Å². The molecule has 1 heterocycles. The van der Waals surface area contributed by atoms with Crippen LogP contribution >= 0.6 is 0 Å². The number of benzene rings is 3. The van der Waals surface area contributed by atoms with Crippen LogP contribution < -0.4 is 9.64 Å². The van der Waals surface area contributed by atoms with Gasteiger partial charge in [0.25, 0.3) is 0 Å². The Morgan fingerprint density at radius 2 is 1.60 bits per heavy atom. The summed E-state index contributed by atoms with van der Waals surface area (Å²) in [4.78, 5) is 13.3. The molecule has 0 spiro atoms. The molecule has 5 nitrogen and oxygen atoms in total. The van der Waals surface area contributed by atoms with Crippen LogP contribution in [0.5, 0.6) is 5.75 Å². The normalized spacial score (nSPS) is 10.9. The highest BCUT2D eigenvalue weighted by atomic mass is 16.5. The summed E-state index contributed by atoms with van der Waals surface area (Å²) in [5.74, 6) is 0.0209. The summed E-state index contributed by atoms with van der Waals surface area (Å²) in [7, 11) is 3.70. The fourth-order valence-corrected chi connectivity index (χ4v) is 3.73. The lowest BCUT2D eigenvalue weighted by atomic mass is 10.1. The van der Waals surface area contributed by atoms with E-state index in [1.54, 1.807) is 7.11 Å². The number of anilines is 2. The summed E-state index contributed by atoms with van der Waals surface area (Å²) in [6, 6.07) is 24.3. The number of carboxylic acid groups (broad SMARTS) is 1. The Kier molecular flexibility index (Phi) is 5.44. The number of para-hydroxylation sites is 1. The third-order valence-corrected chi connectivity index (χ3v) is 5.35. The van der Waals surface area contributed by atoms with E-state index in [-0.39, 0.29) is 6.42 Å². The summed E-state index contributed by atoms with van der Waals surface area (Å²) >= 11 is 0. The SMILES string of the molecule is COc1ccc(N(C)c2ccc(Cn3cc(CC(=O)O)c4ccccc43)cc2)cc1. The van der Waals surface area contributed by atoms with Crippen LogP contribution in [0.25, 0.3) is 10.9 Å². The van der Waals surface area contributed by atoms with E-state index in [1.165, 1.54) is 0 Å². The van der Waals surface area contributed by atoms with Gasteiger partial charge in [-0.25, -0.2) is 0 Å². The van der Waals surface area contributed by atoms with E-state index < -0.39 is 5.97 Å². The van der Waals surface area contributed by atoms with Gasteiger partial charge in [0.15, 0.2) is 0 Å². The number of nitrogens with zero attached hydrogens (tertiary/aromatic N) is 2. The predicted molar refractivity (Wildman–Crippen MR) is 120 cm³/mol. The van der Waals surface area contributed by atoms with E-state index in [1.807, 2.05) is 61.8 Å². The van der Waals surface area contributed by atoms with E-state index in [0.29, 0.717) is 6.54 Å². The Bertz CT molecular complexity index is 1160. The molecule has 5 heteroatoms. The molecular formula is C25H24N2O3. The second kappa shape index (κ2) is 8.33. The number of methoxy groups -OCH3 is 1. The number of carbonyl (C=O) groups is 1. The van der Waals surface area contributed by atoms with Gasteiger partial charge in [-0.1, -0.05) is 30.3 Å². The summed E-state index contributed by atoms with van der Waals surface area (Å²) in [5, 5.41) is 10.2. The molecule has 0 atom stereocenters. The molecule has 0 radical (unpaired) electrons. The van der Waals surface area contributed by atoms with Gasteiger partial charge >= 0.3 is 5.97 Å². The van der Waals surface area contributed by atoms with Crippen LogP contribution in [-0.2, 0) is 17.8 Å². The molecule has 152 valence electrons. The standard InChI is InChI=1S/C25H24N2O3/c1-26(21-11-13-22(30-2)14-12-21)20-9-7-18(8-10-20)16-27-17-19(15-25(28)29)23-5-3-4-6-24(23)27/h3-14,17H,15-16H2,1-2H3,(H,28,29). The first kappa shape index (κ1) is 19.6. The van der Waals surface area contributed by atoms with Crippen LogP contribution in [0.3, 0.4) is 0 Å². The number of fused-ring (bicyclic) bond motifs is 1. The lowest BCUT2D eigenvalue weighted by molar-refractivity contribution is -0.136. The second-order valence-electron chi connectivity index (χ2n) is 7.29. The molecule has 0 saturated carbocycles. The monoisotopic (exact) mass is 400 g/mol. The molecule has 30 heavy (non-hydrogen) atoms. The Labute approximate surface area is 175 Å². The van der Waals surface area contributed by atoms with Gasteiger partial charge in [-0.3, -0.25) is 4.79 Å². The molecule has 0 fully saturated rings. The third-order valence-electron chi connectivity index (χ3n) is 5.35. The van der Waals surface area contributed by atoms with Gasteiger partial charge in [0.2, 0.25) is 0 Å². The molecule has 4 aromatic rings. The fraction of sp³-hybridized carbons (Fsp3) is 0.160. The van der Waals surface area contributed by atoms with Crippen molar-refractivity contribution >= 4 is 28.2 Å². The summed E-state index contributed by atoms with van der Waals surface area (Å²) < 4.78 is 7.35. The van der Waals surface area contributed by atoms with Crippen molar-refractivity contribution in [1.82, 2.24) is 4.57 Å². The Morgan fingerprint density at radius 1 is 0.967 bits per heavy atom. The molecule has 1 aromatic heterocycles. The van der Waals surface area contributed by atoms with Crippen LogP contribution in [0.2, 0.25) is 0 Å². The zero-order valence-electron chi connectivity index (χ0n) is 17.1. The summed E-state index contributed by atoms with van der Waals surface area (Å²) in [6.45, 7) is 0.687. The first-order chi connectivity index (χ1) is 14.5. The topological polar surface area (TPSA) is 54.7 Å². The molecule has 0 unspecified atom stereocenters. The zero-order valence-corrected chi connectivity index (χ0v) is 17.1. The van der Waals surface area contributed by atoms with Crippen molar-refractivity contribution < 1.29 is 14.6 Å². The molecule has 0 amide bonds. The zero-order chi connectivity index (χ0) is 21.1. The number of ether oxygens (including phenoxy) is 1. The molecule has 0 aliphatic rings. The smallest absolute Gasteiger partial charge is 0.307 e. The molecule has 0 bridgehead atoms. The Morgan fingerprint density at radius 3 is 2.23 bits per heavy atom. The highest BCUT2D eigenvalue weighted by molar-refractivity contribution is 5.87. The number of aliphatic carboxylic acids is 1. The maximum Gasteiger partial charge on any atom is 0.307 e. The maximum absolute atomic E-state index is 11.2. The minimum Gasteiger partial charge on any atom is -0.497 e. The minimum absolute atomic E-state index is 0.0269. The van der Waals surface area contributed by atoms with Crippen molar-refractivity contribution in [3.63, 3.8) is 0 Å². The van der Waals surface area contributed by atoms with Gasteiger partial charge in [0.05, 0.1) is 13.5 Å². The van der Waals surface area contributed by atoms with Gasteiger partial charge in [0.1, 0.15) is 5.75 Å². The van der Waals surface area contributed by atoms with Gasteiger partial charge in [-0.15, -0.1) is 0 Å². The molecule has 0 saturated heterocycles. The average Bonchev–Trinajstić information content (AvgIpc) is 3.10. The number of hydrogen-bond acceptors (Lipinski definition) is 3. The first-order valence-corrected chi connectivity index (χ1v) is 9.80. The molecule has 0 aliphatic carbocycles. The molecule has 0 aliphatic heterocycles. The largest absolute Gasteiger partial charge is 0.497 e. The van der Waals surface area contributed by atoms with Crippen LogP contribution in [0.15, 0.2) is 79.0 Å². The molecule has 1 N–H and O–H groups in total. The van der Waals surface area contributed by atoms with Gasteiger partial charge in [0, 0.05) is 42.1 Å². The van der Waals surface area contributed by atoms with E-state index in [2.05, 4.69) is 33.7 Å². The van der Waals surface area contributed by atoms with E-state index in [0.717, 1.165) is 39.2 Å². The number of carboxylic acids is 1. The highest BCUT2D eigenvalue weighted by Gasteiger charge is 2.11. The maximum atomic E-state index is 11.2. The van der Waals surface area contributed by atoms with Crippen molar-refractivity contribution in [1.29, 1.82) is 0 Å². The average molecular weight is 400 g/mol. The van der Waals surface area contributed by atoms with Crippen LogP contribution in [0.4, 0.5) is 11.4 Å². The third kappa shape index (κ3) is 4.01. The Hall–Kier alpha value is -3.73. The highest BCUT2D eigenvalue weighted by Crippen LogP contribution is 2.27. The lowest BCUT2D eigenvalue weighted by Gasteiger charge is -2.20.